The van der Waals surface area contributed by atoms with Crippen LogP contribution in [0.4, 0.5) is 17.3 Å². The number of anilines is 3. The van der Waals surface area contributed by atoms with Crippen molar-refractivity contribution in [1.29, 1.82) is 0 Å². The highest BCUT2D eigenvalue weighted by Gasteiger charge is 2.22. The first-order valence-corrected chi connectivity index (χ1v) is 9.75. The van der Waals surface area contributed by atoms with Crippen LogP contribution in [0, 0.1) is 0 Å². The van der Waals surface area contributed by atoms with Gasteiger partial charge in [0.05, 0.1) is 41.3 Å². The van der Waals surface area contributed by atoms with E-state index in [1.165, 1.54) is 0 Å². The second kappa shape index (κ2) is 7.67. The molecule has 1 aliphatic rings. The Morgan fingerprint density at radius 3 is 2.57 bits per heavy atom. The molecule has 0 spiro atoms. The third kappa shape index (κ3) is 4.04. The molecule has 7 heteroatoms. The van der Waals surface area contributed by atoms with Crippen molar-refractivity contribution in [2.45, 2.75) is 45.8 Å². The average Bonchev–Trinajstić information content (AvgIpc) is 2.67. The molecule has 4 rings (SSSR count). The van der Waals surface area contributed by atoms with Crippen LogP contribution in [0.15, 0.2) is 36.7 Å². The van der Waals surface area contributed by atoms with Crippen LogP contribution in [0.2, 0.25) is 0 Å². The maximum absolute atomic E-state index is 5.84. The summed E-state index contributed by atoms with van der Waals surface area (Å²) in [5.74, 6) is 1.81. The smallest absolute Gasteiger partial charge is 0.154 e. The van der Waals surface area contributed by atoms with Gasteiger partial charge in [-0.3, -0.25) is 4.98 Å². The van der Waals surface area contributed by atoms with Crippen LogP contribution >= 0.6 is 0 Å². The second-order valence-electron chi connectivity index (χ2n) is 7.74. The van der Waals surface area contributed by atoms with Gasteiger partial charge in [0.25, 0.3) is 0 Å². The van der Waals surface area contributed by atoms with E-state index in [0.29, 0.717) is 11.7 Å². The molecule has 0 radical (unpaired) electrons. The third-order valence-electron chi connectivity index (χ3n) is 4.91. The van der Waals surface area contributed by atoms with Crippen LogP contribution in [-0.2, 0) is 4.74 Å². The molecule has 0 bridgehead atoms. The zero-order valence-corrected chi connectivity index (χ0v) is 16.8. The number of ether oxygens (including phenoxy) is 1. The molecule has 0 aliphatic carbocycles. The minimum Gasteiger partial charge on any atom is -0.372 e. The zero-order valence-electron chi connectivity index (χ0n) is 16.8. The summed E-state index contributed by atoms with van der Waals surface area (Å²) in [4.78, 5) is 11.6. The molecule has 0 amide bonds. The Morgan fingerprint density at radius 1 is 1.04 bits per heavy atom. The number of fused-ring (bicyclic) bond motifs is 1. The lowest BCUT2D eigenvalue weighted by Gasteiger charge is -2.36. The summed E-state index contributed by atoms with van der Waals surface area (Å²) in [5.41, 5.74) is 3.92. The third-order valence-corrected chi connectivity index (χ3v) is 4.91. The first kappa shape index (κ1) is 18.6. The second-order valence-corrected chi connectivity index (χ2v) is 7.74. The number of hydrogen-bond donors (Lipinski definition) is 1. The van der Waals surface area contributed by atoms with Crippen molar-refractivity contribution in [1.82, 2.24) is 20.2 Å². The molecule has 1 N–H and O–H groups in total. The van der Waals surface area contributed by atoms with Gasteiger partial charge in [-0.05, 0) is 49.6 Å². The molecule has 3 aromatic heterocycles. The van der Waals surface area contributed by atoms with Gasteiger partial charge in [-0.15, -0.1) is 5.10 Å². The first-order chi connectivity index (χ1) is 13.5. The summed E-state index contributed by atoms with van der Waals surface area (Å²) in [6.07, 6.45) is 4.11. The molecule has 4 heterocycles. The van der Waals surface area contributed by atoms with E-state index in [-0.39, 0.29) is 12.2 Å². The standard InChI is InChI=1S/C21H26N6O/c1-13(2)16-7-21(26-23-9-16)25-20-6-5-18-19(24-20)8-17(10-22-18)27-11-14(3)28-15(4)12-27/h5-10,13-15H,11-12H2,1-4H3,(H,24,25,26)/t14-,15?/m0/s1. The van der Waals surface area contributed by atoms with Gasteiger partial charge in [0, 0.05) is 13.1 Å². The van der Waals surface area contributed by atoms with Crippen LogP contribution in [0.5, 0.6) is 0 Å². The maximum atomic E-state index is 5.84. The van der Waals surface area contributed by atoms with Gasteiger partial charge in [-0.2, -0.15) is 5.10 Å². The number of nitrogens with zero attached hydrogens (tertiary/aromatic N) is 5. The Bertz CT molecular complexity index is 966. The lowest BCUT2D eigenvalue weighted by atomic mass is 10.1. The predicted molar refractivity (Wildman–Crippen MR) is 111 cm³/mol. The minimum absolute atomic E-state index is 0.201. The largest absolute Gasteiger partial charge is 0.372 e. The highest BCUT2D eigenvalue weighted by molar-refractivity contribution is 5.80. The molecule has 146 valence electrons. The Labute approximate surface area is 165 Å². The maximum Gasteiger partial charge on any atom is 0.154 e. The van der Waals surface area contributed by atoms with Crippen molar-refractivity contribution in [3.05, 3.63) is 42.2 Å². The Morgan fingerprint density at radius 2 is 1.82 bits per heavy atom. The molecule has 28 heavy (non-hydrogen) atoms. The predicted octanol–water partition coefficient (Wildman–Crippen LogP) is 3.90. The van der Waals surface area contributed by atoms with Crippen molar-refractivity contribution >= 4 is 28.4 Å². The number of rotatable bonds is 4. The van der Waals surface area contributed by atoms with Gasteiger partial charge >= 0.3 is 0 Å². The molecule has 1 aliphatic heterocycles. The summed E-state index contributed by atoms with van der Waals surface area (Å²) < 4.78 is 5.84. The van der Waals surface area contributed by atoms with Gasteiger partial charge in [0.1, 0.15) is 5.82 Å². The number of hydrogen-bond acceptors (Lipinski definition) is 7. The minimum atomic E-state index is 0.201. The fourth-order valence-corrected chi connectivity index (χ4v) is 3.52. The van der Waals surface area contributed by atoms with Crippen molar-refractivity contribution in [2.75, 3.05) is 23.3 Å². The van der Waals surface area contributed by atoms with E-state index in [4.69, 9.17) is 9.72 Å². The number of aromatic nitrogens is 4. The number of pyridine rings is 2. The van der Waals surface area contributed by atoms with E-state index in [1.807, 2.05) is 24.4 Å². The van der Waals surface area contributed by atoms with E-state index in [9.17, 15) is 0 Å². The summed E-state index contributed by atoms with van der Waals surface area (Å²) in [6.45, 7) is 10.2. The molecule has 0 aromatic carbocycles. The van der Waals surface area contributed by atoms with Crippen LogP contribution in [0.1, 0.15) is 39.2 Å². The number of nitrogens with one attached hydrogen (secondary N) is 1. The highest BCUT2D eigenvalue weighted by atomic mass is 16.5. The normalized spacial score (nSPS) is 20.0. The molecular weight excluding hydrogens is 352 g/mol. The van der Waals surface area contributed by atoms with Crippen molar-refractivity contribution in [2.24, 2.45) is 0 Å². The van der Waals surface area contributed by atoms with Crippen LogP contribution in [0.25, 0.3) is 11.0 Å². The molecule has 1 unspecified atom stereocenters. The lowest BCUT2D eigenvalue weighted by Crippen LogP contribution is -2.45. The first-order valence-electron chi connectivity index (χ1n) is 9.75. The van der Waals surface area contributed by atoms with Crippen molar-refractivity contribution < 1.29 is 4.74 Å². The van der Waals surface area contributed by atoms with Crippen molar-refractivity contribution in [3.63, 3.8) is 0 Å². The van der Waals surface area contributed by atoms with Crippen LogP contribution < -0.4 is 10.2 Å². The molecule has 1 saturated heterocycles. The van der Waals surface area contributed by atoms with Gasteiger partial charge in [-0.25, -0.2) is 4.98 Å². The van der Waals surface area contributed by atoms with Crippen LogP contribution in [0.3, 0.4) is 0 Å². The van der Waals surface area contributed by atoms with Gasteiger partial charge in [0.2, 0.25) is 0 Å². The lowest BCUT2D eigenvalue weighted by molar-refractivity contribution is -0.00522. The summed E-state index contributed by atoms with van der Waals surface area (Å²) in [7, 11) is 0. The Balaban J connectivity index is 1.60. The molecule has 0 saturated carbocycles. The highest BCUT2D eigenvalue weighted by Crippen LogP contribution is 2.24. The topological polar surface area (TPSA) is 76.1 Å². The van der Waals surface area contributed by atoms with E-state index >= 15 is 0 Å². The molecule has 2 atom stereocenters. The van der Waals surface area contributed by atoms with Crippen molar-refractivity contribution in [3.8, 4) is 0 Å². The van der Waals surface area contributed by atoms with Gasteiger partial charge in [0.15, 0.2) is 5.82 Å². The SMILES string of the molecule is CC1CN(c2cnc3ccc(Nc4cc(C(C)C)cnn4)nc3c2)C[C@H](C)O1. The van der Waals surface area contributed by atoms with E-state index in [2.05, 4.69) is 59.2 Å². The number of morpholine rings is 1. The Hall–Kier alpha value is -2.80. The fourth-order valence-electron chi connectivity index (χ4n) is 3.52. The summed E-state index contributed by atoms with van der Waals surface area (Å²) in [5, 5.41) is 11.5. The van der Waals surface area contributed by atoms with Gasteiger partial charge < -0.3 is 15.0 Å². The van der Waals surface area contributed by atoms with Gasteiger partial charge in [-0.1, -0.05) is 13.8 Å². The van der Waals surface area contributed by atoms with E-state index in [0.717, 1.165) is 41.2 Å². The molecule has 7 nitrogen and oxygen atoms in total. The molecule has 3 aromatic rings. The van der Waals surface area contributed by atoms with Crippen LogP contribution in [-0.4, -0.2) is 45.5 Å². The Kier molecular flexibility index (Phi) is 5.09. The van der Waals surface area contributed by atoms with E-state index in [1.54, 1.807) is 6.20 Å². The monoisotopic (exact) mass is 378 g/mol. The summed E-state index contributed by atoms with van der Waals surface area (Å²) >= 11 is 0. The summed E-state index contributed by atoms with van der Waals surface area (Å²) in [6, 6.07) is 7.99. The zero-order chi connectivity index (χ0) is 19.7. The molecular formula is C21H26N6O. The fraction of sp³-hybridized carbons (Fsp3) is 0.429. The van der Waals surface area contributed by atoms with E-state index < -0.39 is 0 Å². The molecule has 1 fully saturated rings. The average molecular weight is 378 g/mol. The quantitative estimate of drug-likeness (QED) is 0.738.